The number of rotatable bonds is 4. The minimum Gasteiger partial charge on any atom is -0.346 e. The Hall–Kier alpha value is -0.770. The molecular formula is C11H15Cl2N2O+. The maximum absolute atomic E-state index is 11.7. The zero-order valence-corrected chi connectivity index (χ0v) is 10.8. The van der Waals surface area contributed by atoms with E-state index >= 15 is 0 Å². The van der Waals surface area contributed by atoms with E-state index in [2.05, 4.69) is 5.32 Å². The van der Waals surface area contributed by atoms with Gasteiger partial charge in [-0.2, -0.15) is 0 Å². The first kappa shape index (κ1) is 13.3. The monoisotopic (exact) mass is 261 g/mol. The van der Waals surface area contributed by atoms with Gasteiger partial charge in [0.2, 0.25) is 0 Å². The molecule has 88 valence electrons. The number of amides is 1. The first-order valence-corrected chi connectivity index (χ1v) is 5.78. The molecule has 0 spiro atoms. The molecule has 0 fully saturated rings. The molecule has 0 aromatic heterocycles. The number of nitrogens with one attached hydrogen (secondary N) is 2. The van der Waals surface area contributed by atoms with Crippen molar-refractivity contribution in [3.8, 4) is 0 Å². The van der Waals surface area contributed by atoms with Gasteiger partial charge in [-0.3, -0.25) is 4.79 Å². The van der Waals surface area contributed by atoms with Crippen LogP contribution < -0.4 is 10.2 Å². The Morgan fingerprint density at radius 2 is 2.00 bits per heavy atom. The molecule has 1 amide bonds. The minimum absolute atomic E-state index is 0.125. The summed E-state index contributed by atoms with van der Waals surface area (Å²) in [6.45, 7) is 1.52. The quantitative estimate of drug-likeness (QED) is 0.829. The van der Waals surface area contributed by atoms with Gasteiger partial charge in [-0.25, -0.2) is 0 Å². The second-order valence-corrected chi connectivity index (χ2v) is 4.66. The molecule has 2 N–H and O–H groups in total. The predicted molar refractivity (Wildman–Crippen MR) is 66.5 cm³/mol. The van der Waals surface area contributed by atoms with E-state index in [4.69, 9.17) is 23.2 Å². The zero-order chi connectivity index (χ0) is 12.1. The molecule has 0 aliphatic heterocycles. The van der Waals surface area contributed by atoms with Crippen LogP contribution in [-0.2, 0) is 0 Å². The van der Waals surface area contributed by atoms with Crippen molar-refractivity contribution in [1.29, 1.82) is 0 Å². The van der Waals surface area contributed by atoms with E-state index in [1.165, 1.54) is 4.90 Å². The van der Waals surface area contributed by atoms with Crippen molar-refractivity contribution < 1.29 is 9.69 Å². The fourth-order valence-corrected chi connectivity index (χ4v) is 1.46. The molecule has 1 aromatic carbocycles. The van der Waals surface area contributed by atoms with E-state index in [1.54, 1.807) is 18.2 Å². The Balaban J connectivity index is 2.56. The summed E-state index contributed by atoms with van der Waals surface area (Å²) in [5.74, 6) is -0.125. The van der Waals surface area contributed by atoms with Crippen molar-refractivity contribution >= 4 is 29.1 Å². The molecule has 16 heavy (non-hydrogen) atoms. The molecule has 0 aliphatic carbocycles. The molecule has 1 rings (SSSR count). The number of halogens is 2. The van der Waals surface area contributed by atoms with Crippen LogP contribution in [0.4, 0.5) is 0 Å². The van der Waals surface area contributed by atoms with Crippen LogP contribution in [0.5, 0.6) is 0 Å². The Morgan fingerprint density at radius 3 is 2.56 bits per heavy atom. The van der Waals surface area contributed by atoms with Crippen molar-refractivity contribution in [1.82, 2.24) is 5.32 Å². The maximum atomic E-state index is 11.7. The molecule has 0 radical (unpaired) electrons. The van der Waals surface area contributed by atoms with Crippen LogP contribution in [0, 0.1) is 0 Å². The van der Waals surface area contributed by atoms with E-state index in [0.29, 0.717) is 22.2 Å². The summed E-state index contributed by atoms with van der Waals surface area (Å²) in [6, 6.07) is 4.85. The molecule has 0 saturated heterocycles. The van der Waals surface area contributed by atoms with Crippen LogP contribution in [0.15, 0.2) is 18.2 Å². The van der Waals surface area contributed by atoms with Crippen molar-refractivity contribution in [2.75, 3.05) is 27.2 Å². The third-order valence-electron chi connectivity index (χ3n) is 2.09. The van der Waals surface area contributed by atoms with Gasteiger partial charge < -0.3 is 10.2 Å². The Labute approximate surface area is 105 Å². The molecule has 0 bridgehead atoms. The SMILES string of the molecule is C[NH+](C)CCNC(=O)c1ccc(Cl)c(Cl)c1. The van der Waals surface area contributed by atoms with Gasteiger partial charge in [0.25, 0.3) is 5.91 Å². The van der Waals surface area contributed by atoms with Gasteiger partial charge in [0.1, 0.15) is 0 Å². The van der Waals surface area contributed by atoms with Gasteiger partial charge in [-0.15, -0.1) is 0 Å². The molecular weight excluding hydrogens is 247 g/mol. The lowest BCUT2D eigenvalue weighted by molar-refractivity contribution is -0.856. The Kier molecular flexibility index (Phi) is 5.06. The van der Waals surface area contributed by atoms with Crippen LogP contribution >= 0.6 is 23.2 Å². The summed E-state index contributed by atoms with van der Waals surface area (Å²) in [4.78, 5) is 13.0. The highest BCUT2D eigenvalue weighted by Gasteiger charge is 2.07. The van der Waals surface area contributed by atoms with Crippen LogP contribution in [0.25, 0.3) is 0 Å². The fourth-order valence-electron chi connectivity index (χ4n) is 1.17. The van der Waals surface area contributed by atoms with Gasteiger partial charge in [-0.05, 0) is 18.2 Å². The highest BCUT2D eigenvalue weighted by atomic mass is 35.5. The zero-order valence-electron chi connectivity index (χ0n) is 9.31. The molecule has 0 heterocycles. The van der Waals surface area contributed by atoms with Crippen LogP contribution in [0.3, 0.4) is 0 Å². The normalized spacial score (nSPS) is 10.6. The Bertz CT molecular complexity index is 380. The summed E-state index contributed by atoms with van der Waals surface area (Å²) in [5, 5.41) is 3.67. The first-order chi connectivity index (χ1) is 7.50. The second-order valence-electron chi connectivity index (χ2n) is 3.84. The van der Waals surface area contributed by atoms with Crippen LogP contribution in [0.1, 0.15) is 10.4 Å². The molecule has 0 aliphatic rings. The molecule has 1 aromatic rings. The predicted octanol–water partition coefficient (Wildman–Crippen LogP) is 0.868. The topological polar surface area (TPSA) is 33.5 Å². The first-order valence-electron chi connectivity index (χ1n) is 5.03. The van der Waals surface area contributed by atoms with Crippen molar-refractivity contribution in [2.45, 2.75) is 0 Å². The van der Waals surface area contributed by atoms with Gasteiger partial charge in [0.05, 0.1) is 37.2 Å². The van der Waals surface area contributed by atoms with E-state index in [1.807, 2.05) is 14.1 Å². The summed E-state index contributed by atoms with van der Waals surface area (Å²) in [7, 11) is 4.07. The summed E-state index contributed by atoms with van der Waals surface area (Å²) >= 11 is 11.6. The van der Waals surface area contributed by atoms with Crippen molar-refractivity contribution in [3.05, 3.63) is 33.8 Å². The fraction of sp³-hybridized carbons (Fsp3) is 0.364. The van der Waals surface area contributed by atoms with Gasteiger partial charge in [0.15, 0.2) is 0 Å². The number of quaternary nitrogens is 1. The minimum atomic E-state index is -0.125. The van der Waals surface area contributed by atoms with Crippen LogP contribution in [-0.4, -0.2) is 33.1 Å². The number of likely N-dealkylation sites (N-methyl/N-ethyl adjacent to an activating group) is 1. The van der Waals surface area contributed by atoms with Gasteiger partial charge in [-0.1, -0.05) is 23.2 Å². The molecule has 0 unspecified atom stereocenters. The molecule has 5 heteroatoms. The number of carbonyl (C=O) groups is 1. The van der Waals surface area contributed by atoms with Crippen LogP contribution in [0.2, 0.25) is 10.0 Å². The standard InChI is InChI=1S/C11H14Cl2N2O/c1-15(2)6-5-14-11(16)8-3-4-9(12)10(13)7-8/h3-4,7H,5-6H2,1-2H3,(H,14,16)/p+1. The summed E-state index contributed by atoms with van der Waals surface area (Å²) in [5.41, 5.74) is 0.531. The lowest BCUT2D eigenvalue weighted by Crippen LogP contribution is -3.06. The van der Waals surface area contributed by atoms with Crippen molar-refractivity contribution in [2.24, 2.45) is 0 Å². The molecule has 3 nitrogen and oxygen atoms in total. The second kappa shape index (κ2) is 6.09. The summed E-state index contributed by atoms with van der Waals surface area (Å²) in [6.07, 6.45) is 0. The lowest BCUT2D eigenvalue weighted by atomic mass is 10.2. The smallest absolute Gasteiger partial charge is 0.251 e. The Morgan fingerprint density at radius 1 is 1.31 bits per heavy atom. The van der Waals surface area contributed by atoms with Gasteiger partial charge in [0, 0.05) is 5.56 Å². The average molecular weight is 262 g/mol. The third kappa shape index (κ3) is 4.00. The third-order valence-corrected chi connectivity index (χ3v) is 2.83. The summed E-state index contributed by atoms with van der Waals surface area (Å²) < 4.78 is 0. The van der Waals surface area contributed by atoms with E-state index in [9.17, 15) is 4.79 Å². The number of hydrogen-bond donors (Lipinski definition) is 2. The van der Waals surface area contributed by atoms with Crippen molar-refractivity contribution in [3.63, 3.8) is 0 Å². The number of hydrogen-bond acceptors (Lipinski definition) is 1. The molecule has 0 atom stereocenters. The van der Waals surface area contributed by atoms with Gasteiger partial charge >= 0.3 is 0 Å². The highest BCUT2D eigenvalue weighted by molar-refractivity contribution is 6.42. The molecule has 0 saturated carbocycles. The lowest BCUT2D eigenvalue weighted by Gasteiger charge is -2.08. The number of benzene rings is 1. The highest BCUT2D eigenvalue weighted by Crippen LogP contribution is 2.22. The van der Waals surface area contributed by atoms with E-state index in [0.717, 1.165) is 6.54 Å². The van der Waals surface area contributed by atoms with E-state index < -0.39 is 0 Å². The largest absolute Gasteiger partial charge is 0.346 e. The maximum Gasteiger partial charge on any atom is 0.251 e. The number of carbonyl (C=O) groups excluding carboxylic acids is 1. The average Bonchev–Trinajstić information content (AvgIpc) is 2.21. The van der Waals surface area contributed by atoms with E-state index in [-0.39, 0.29) is 5.91 Å².